The smallest absolute Gasteiger partial charge is 0.336 e. The number of rotatable bonds is 15. The molecule has 1 fully saturated rings. The highest BCUT2D eigenvalue weighted by atomic mass is 32.2. The lowest BCUT2D eigenvalue weighted by atomic mass is 9.99. The van der Waals surface area contributed by atoms with E-state index in [1.807, 2.05) is 84.9 Å². The SMILES string of the molecule is O=C(CCCCC(=O)NCc1cccc(-c2ccc([C@@H]3O[C@H](CSc4ccccc4C(=O)O)C[C@H](c4ccc(CO)cc4)O3)cc2)c1)NO. The number of benzene rings is 4. The second kappa shape index (κ2) is 17.8. The molecule has 0 bridgehead atoms. The highest BCUT2D eigenvalue weighted by Crippen LogP contribution is 2.40. The van der Waals surface area contributed by atoms with Crippen molar-refractivity contribution in [3.05, 3.63) is 125 Å². The second-order valence-corrected chi connectivity index (χ2v) is 12.9. The van der Waals surface area contributed by atoms with Crippen LogP contribution in [0.1, 0.15) is 77.1 Å². The molecule has 1 saturated heterocycles. The zero-order chi connectivity index (χ0) is 34.6. The highest BCUT2D eigenvalue weighted by molar-refractivity contribution is 7.99. The molecule has 2 amide bonds. The summed E-state index contributed by atoms with van der Waals surface area (Å²) in [4.78, 5) is 35.8. The molecule has 256 valence electrons. The third kappa shape index (κ3) is 10.2. The zero-order valence-corrected chi connectivity index (χ0v) is 27.7. The van der Waals surface area contributed by atoms with Crippen LogP contribution < -0.4 is 10.8 Å². The molecule has 11 heteroatoms. The first-order chi connectivity index (χ1) is 23.8. The lowest BCUT2D eigenvalue weighted by Gasteiger charge is -2.36. The normalized spacial score (nSPS) is 17.3. The highest BCUT2D eigenvalue weighted by Gasteiger charge is 2.32. The number of nitrogens with one attached hydrogen (secondary N) is 2. The molecule has 0 spiro atoms. The van der Waals surface area contributed by atoms with Crippen LogP contribution in [0.5, 0.6) is 0 Å². The van der Waals surface area contributed by atoms with E-state index in [1.165, 1.54) is 11.8 Å². The summed E-state index contributed by atoms with van der Waals surface area (Å²) in [6, 6.07) is 30.5. The fraction of sp³-hybridized carbons (Fsp3) is 0.289. The summed E-state index contributed by atoms with van der Waals surface area (Å²) in [5, 5.41) is 30.6. The van der Waals surface area contributed by atoms with Crippen LogP contribution in [0.2, 0.25) is 0 Å². The van der Waals surface area contributed by atoms with Crippen molar-refractivity contribution in [2.75, 3.05) is 5.75 Å². The number of amides is 2. The number of carboxylic acids is 1. The Labute approximate surface area is 289 Å². The van der Waals surface area contributed by atoms with Crippen molar-refractivity contribution in [1.82, 2.24) is 10.8 Å². The van der Waals surface area contributed by atoms with Gasteiger partial charge in [0.1, 0.15) is 0 Å². The lowest BCUT2D eigenvalue weighted by Crippen LogP contribution is -2.31. The molecule has 1 aliphatic rings. The maximum Gasteiger partial charge on any atom is 0.336 e. The van der Waals surface area contributed by atoms with E-state index in [0.29, 0.717) is 42.9 Å². The van der Waals surface area contributed by atoms with Gasteiger partial charge in [-0.15, -0.1) is 11.8 Å². The van der Waals surface area contributed by atoms with Gasteiger partial charge in [-0.05, 0) is 58.9 Å². The molecule has 3 atom stereocenters. The number of aliphatic hydroxyl groups excluding tert-OH is 1. The molecule has 10 nitrogen and oxygen atoms in total. The fourth-order valence-electron chi connectivity index (χ4n) is 5.58. The van der Waals surface area contributed by atoms with Gasteiger partial charge in [-0.2, -0.15) is 0 Å². The van der Waals surface area contributed by atoms with Crippen molar-refractivity contribution in [1.29, 1.82) is 0 Å². The van der Waals surface area contributed by atoms with E-state index in [-0.39, 0.29) is 36.7 Å². The predicted octanol–water partition coefficient (Wildman–Crippen LogP) is 6.56. The minimum absolute atomic E-state index is 0.0429. The largest absolute Gasteiger partial charge is 0.478 e. The van der Waals surface area contributed by atoms with Crippen molar-refractivity contribution in [3.8, 4) is 11.1 Å². The van der Waals surface area contributed by atoms with Gasteiger partial charge in [0, 0.05) is 42.0 Å². The number of carbonyl (C=O) groups is 3. The Morgan fingerprint density at radius 1 is 0.776 bits per heavy atom. The first-order valence-electron chi connectivity index (χ1n) is 16.2. The van der Waals surface area contributed by atoms with Gasteiger partial charge >= 0.3 is 5.97 Å². The predicted molar refractivity (Wildman–Crippen MR) is 185 cm³/mol. The summed E-state index contributed by atoms with van der Waals surface area (Å²) in [6.07, 6.45) is 0.987. The van der Waals surface area contributed by atoms with Gasteiger partial charge in [-0.25, -0.2) is 10.3 Å². The van der Waals surface area contributed by atoms with Crippen LogP contribution >= 0.6 is 11.8 Å². The van der Waals surface area contributed by atoms with Crippen LogP contribution in [-0.4, -0.2) is 45.1 Å². The van der Waals surface area contributed by atoms with E-state index in [1.54, 1.807) is 17.6 Å². The van der Waals surface area contributed by atoms with Crippen LogP contribution in [0.15, 0.2) is 102 Å². The molecular weight excluding hydrogens is 644 g/mol. The lowest BCUT2D eigenvalue weighted by molar-refractivity contribution is -0.245. The molecule has 4 aromatic rings. The number of hydrogen-bond acceptors (Lipinski definition) is 8. The van der Waals surface area contributed by atoms with E-state index in [2.05, 4.69) is 5.32 Å². The van der Waals surface area contributed by atoms with Crippen LogP contribution in [0.3, 0.4) is 0 Å². The number of hydroxylamine groups is 1. The average molecular weight is 685 g/mol. The van der Waals surface area contributed by atoms with E-state index in [9.17, 15) is 24.6 Å². The maximum atomic E-state index is 12.3. The van der Waals surface area contributed by atoms with Gasteiger partial charge in [0.15, 0.2) is 6.29 Å². The maximum absolute atomic E-state index is 12.3. The summed E-state index contributed by atoms with van der Waals surface area (Å²) < 4.78 is 12.9. The molecule has 1 heterocycles. The number of carbonyl (C=O) groups excluding carboxylic acids is 2. The van der Waals surface area contributed by atoms with Gasteiger partial charge in [0.2, 0.25) is 11.8 Å². The van der Waals surface area contributed by atoms with Crippen molar-refractivity contribution in [2.45, 2.75) is 68.6 Å². The average Bonchev–Trinajstić information content (AvgIpc) is 3.15. The number of aromatic carboxylic acids is 1. The van der Waals surface area contributed by atoms with Crippen molar-refractivity contribution < 1.29 is 39.3 Å². The Morgan fingerprint density at radius 3 is 2.20 bits per heavy atom. The summed E-state index contributed by atoms with van der Waals surface area (Å²) >= 11 is 1.45. The Kier molecular flexibility index (Phi) is 13.0. The number of ether oxygens (including phenoxy) is 2. The third-order valence-corrected chi connectivity index (χ3v) is 9.48. The van der Waals surface area contributed by atoms with E-state index >= 15 is 0 Å². The molecule has 0 radical (unpaired) electrons. The van der Waals surface area contributed by atoms with Crippen molar-refractivity contribution >= 4 is 29.5 Å². The summed E-state index contributed by atoms with van der Waals surface area (Å²) in [6.45, 7) is 0.335. The molecule has 4 aromatic carbocycles. The van der Waals surface area contributed by atoms with Crippen LogP contribution in [0.25, 0.3) is 11.1 Å². The fourth-order valence-corrected chi connectivity index (χ4v) is 6.65. The molecule has 0 aromatic heterocycles. The Morgan fingerprint density at radius 2 is 1.49 bits per heavy atom. The quantitative estimate of drug-likeness (QED) is 0.0405. The number of carboxylic acid groups (broad SMARTS) is 1. The third-order valence-electron chi connectivity index (χ3n) is 8.27. The molecule has 0 aliphatic carbocycles. The van der Waals surface area contributed by atoms with Crippen molar-refractivity contribution in [3.63, 3.8) is 0 Å². The molecule has 1 aliphatic heterocycles. The number of aliphatic hydroxyl groups is 1. The molecule has 0 unspecified atom stereocenters. The van der Waals surface area contributed by atoms with Gasteiger partial charge in [0.05, 0.1) is 24.4 Å². The van der Waals surface area contributed by atoms with Gasteiger partial charge in [-0.1, -0.05) is 78.9 Å². The Bertz CT molecular complexity index is 1710. The Balaban J connectivity index is 1.25. The molecular formula is C38H40N2O8S. The van der Waals surface area contributed by atoms with Crippen LogP contribution in [0, 0.1) is 0 Å². The Hall–Kier alpha value is -4.52. The number of hydrogen-bond donors (Lipinski definition) is 5. The molecule has 5 rings (SSSR count). The number of unbranched alkanes of at least 4 members (excludes halogenated alkanes) is 1. The van der Waals surface area contributed by atoms with Gasteiger partial charge in [0.25, 0.3) is 0 Å². The summed E-state index contributed by atoms with van der Waals surface area (Å²) in [5.74, 6) is -0.988. The van der Waals surface area contributed by atoms with Crippen LogP contribution in [-0.2, 0) is 32.2 Å². The summed E-state index contributed by atoms with van der Waals surface area (Å²) in [7, 11) is 0. The minimum Gasteiger partial charge on any atom is -0.478 e. The van der Waals surface area contributed by atoms with Gasteiger partial charge in [-0.3, -0.25) is 14.8 Å². The first-order valence-corrected chi connectivity index (χ1v) is 17.2. The first kappa shape index (κ1) is 35.8. The monoisotopic (exact) mass is 684 g/mol. The summed E-state index contributed by atoms with van der Waals surface area (Å²) in [5.41, 5.74) is 7.42. The second-order valence-electron chi connectivity index (χ2n) is 11.8. The van der Waals surface area contributed by atoms with Crippen LogP contribution in [0.4, 0.5) is 0 Å². The molecule has 49 heavy (non-hydrogen) atoms. The topological polar surface area (TPSA) is 154 Å². The van der Waals surface area contributed by atoms with Crippen molar-refractivity contribution in [2.24, 2.45) is 0 Å². The van der Waals surface area contributed by atoms with Gasteiger partial charge < -0.3 is 25.0 Å². The molecule has 0 saturated carbocycles. The van der Waals surface area contributed by atoms with E-state index in [4.69, 9.17) is 14.7 Å². The number of thioether (sulfide) groups is 1. The van der Waals surface area contributed by atoms with E-state index in [0.717, 1.165) is 33.4 Å². The standard InChI is InChI=1S/C38H40N2O8S/c41-23-25-12-14-28(15-13-25)33-21-31(24-49-34-9-2-1-8-32(34)37(44)45)47-38(48-33)29-18-16-27(17-19-29)30-7-5-6-26(20-30)22-39-35(42)10-3-4-11-36(43)40-46/h1-2,5-9,12-20,31,33,38,41,46H,3-4,10-11,21-24H2,(H,39,42)(H,40,43)(H,44,45)/t31-,33+,38+/m0/s1. The zero-order valence-electron chi connectivity index (χ0n) is 26.9. The minimum atomic E-state index is -0.967. The molecule has 5 N–H and O–H groups in total. The van der Waals surface area contributed by atoms with E-state index < -0.39 is 18.2 Å².